The molecule has 3 heterocycles. The third kappa shape index (κ3) is 3.08. The first kappa shape index (κ1) is 18.5. The van der Waals surface area contributed by atoms with Crippen LogP contribution in [0.4, 0.5) is 0 Å². The van der Waals surface area contributed by atoms with Gasteiger partial charge in [0, 0.05) is 29.6 Å². The van der Waals surface area contributed by atoms with E-state index in [0.29, 0.717) is 16.9 Å². The summed E-state index contributed by atoms with van der Waals surface area (Å²) in [5.74, 6) is 0.195. The molecule has 150 valence electrons. The molecule has 7 heteroatoms. The molecule has 1 aliphatic heterocycles. The van der Waals surface area contributed by atoms with E-state index in [0.717, 1.165) is 42.9 Å². The van der Waals surface area contributed by atoms with Gasteiger partial charge in [0.05, 0.1) is 6.04 Å². The zero-order chi connectivity index (χ0) is 20.2. The number of aryl methyl sites for hydroxylation is 1. The third-order valence-corrected chi connectivity index (χ3v) is 7.49. The molecule has 0 radical (unpaired) electrons. The molecule has 0 spiro atoms. The van der Waals surface area contributed by atoms with E-state index in [-0.39, 0.29) is 22.9 Å². The SMILES string of the molecule is Cc1nc2sc([C@H]3CCCN3C(=O)CC3(c4ccccc4)CC3)nn2c(=O)c1C. The highest BCUT2D eigenvalue weighted by Crippen LogP contribution is 2.52. The van der Waals surface area contributed by atoms with E-state index in [9.17, 15) is 9.59 Å². The number of benzene rings is 1. The number of carbonyl (C=O) groups is 1. The van der Waals surface area contributed by atoms with Crippen molar-refractivity contribution in [3.63, 3.8) is 0 Å². The molecular weight excluding hydrogens is 384 g/mol. The monoisotopic (exact) mass is 408 g/mol. The molecule has 1 saturated carbocycles. The lowest BCUT2D eigenvalue weighted by Gasteiger charge is -2.25. The number of amides is 1. The number of nitrogens with zero attached hydrogens (tertiary/aromatic N) is 4. The summed E-state index contributed by atoms with van der Waals surface area (Å²) in [6, 6.07) is 10.3. The van der Waals surface area contributed by atoms with Crippen LogP contribution in [0.3, 0.4) is 0 Å². The molecular formula is C22H24N4O2S. The molecule has 3 aromatic rings. The number of likely N-dealkylation sites (tertiary alicyclic amines) is 1. The van der Waals surface area contributed by atoms with Crippen LogP contribution in [0.1, 0.15) is 60.0 Å². The van der Waals surface area contributed by atoms with Crippen LogP contribution in [0.2, 0.25) is 0 Å². The average Bonchev–Trinajstić information content (AvgIpc) is 3.15. The minimum Gasteiger partial charge on any atom is -0.333 e. The molecule has 2 aliphatic rings. The Hall–Kier alpha value is -2.54. The maximum absolute atomic E-state index is 13.3. The summed E-state index contributed by atoms with van der Waals surface area (Å²) in [5.41, 5.74) is 2.52. The zero-order valence-electron chi connectivity index (χ0n) is 16.7. The molecule has 1 saturated heterocycles. The summed E-state index contributed by atoms with van der Waals surface area (Å²) in [6.07, 6.45) is 4.54. The van der Waals surface area contributed by atoms with Gasteiger partial charge in [-0.05, 0) is 45.1 Å². The van der Waals surface area contributed by atoms with Crippen molar-refractivity contribution in [2.45, 2.75) is 57.4 Å². The molecule has 1 aliphatic carbocycles. The number of rotatable bonds is 4. The summed E-state index contributed by atoms with van der Waals surface area (Å²) in [5, 5.41) is 5.38. The van der Waals surface area contributed by atoms with E-state index in [4.69, 9.17) is 0 Å². The predicted octanol–water partition coefficient (Wildman–Crippen LogP) is 3.55. The van der Waals surface area contributed by atoms with E-state index in [1.54, 1.807) is 6.92 Å². The lowest BCUT2D eigenvalue weighted by Crippen LogP contribution is -2.33. The third-order valence-electron chi connectivity index (χ3n) is 6.48. The molecule has 29 heavy (non-hydrogen) atoms. The Morgan fingerprint density at radius 2 is 2.00 bits per heavy atom. The Kier molecular flexibility index (Phi) is 4.31. The van der Waals surface area contributed by atoms with Crippen molar-refractivity contribution in [1.82, 2.24) is 19.5 Å². The Morgan fingerprint density at radius 1 is 1.24 bits per heavy atom. The van der Waals surface area contributed by atoms with Gasteiger partial charge in [0.2, 0.25) is 10.9 Å². The van der Waals surface area contributed by atoms with Crippen molar-refractivity contribution < 1.29 is 4.79 Å². The fraction of sp³-hybridized carbons (Fsp3) is 0.455. The Morgan fingerprint density at radius 3 is 2.72 bits per heavy atom. The van der Waals surface area contributed by atoms with E-state index in [2.05, 4.69) is 22.2 Å². The molecule has 1 aromatic carbocycles. The first-order valence-corrected chi connectivity index (χ1v) is 11.0. The molecule has 2 aromatic heterocycles. The summed E-state index contributed by atoms with van der Waals surface area (Å²) in [7, 11) is 0. The number of hydrogen-bond acceptors (Lipinski definition) is 5. The minimum atomic E-state index is -0.119. The van der Waals surface area contributed by atoms with Crippen LogP contribution in [0.15, 0.2) is 35.1 Å². The van der Waals surface area contributed by atoms with E-state index in [1.165, 1.54) is 21.4 Å². The second-order valence-corrected chi connectivity index (χ2v) is 9.32. The van der Waals surface area contributed by atoms with Crippen molar-refractivity contribution >= 4 is 22.2 Å². The van der Waals surface area contributed by atoms with Crippen LogP contribution in [0, 0.1) is 13.8 Å². The molecule has 5 rings (SSSR count). The average molecular weight is 409 g/mol. The fourth-order valence-electron chi connectivity index (χ4n) is 4.40. The minimum absolute atomic E-state index is 0.00575. The fourth-order valence-corrected chi connectivity index (χ4v) is 5.48. The number of hydrogen-bond donors (Lipinski definition) is 0. The maximum atomic E-state index is 13.3. The van der Waals surface area contributed by atoms with Crippen molar-refractivity contribution in [2.75, 3.05) is 6.54 Å². The quantitative estimate of drug-likeness (QED) is 0.662. The van der Waals surface area contributed by atoms with Crippen molar-refractivity contribution in [1.29, 1.82) is 0 Å². The standard InChI is InChI=1S/C22H24N4O2S/c1-14-15(2)23-21-26(20(14)28)24-19(29-21)17-9-6-12-25(17)18(27)13-22(10-11-22)16-7-4-3-5-8-16/h3-5,7-8,17H,6,9-13H2,1-2H3/t17-/m1/s1. The van der Waals surface area contributed by atoms with E-state index >= 15 is 0 Å². The summed E-state index contributed by atoms with van der Waals surface area (Å²) in [4.78, 5) is 32.9. The van der Waals surface area contributed by atoms with Crippen LogP contribution >= 0.6 is 11.3 Å². The van der Waals surface area contributed by atoms with Crippen LogP contribution in [0.25, 0.3) is 4.96 Å². The van der Waals surface area contributed by atoms with E-state index < -0.39 is 0 Å². The highest BCUT2D eigenvalue weighted by atomic mass is 32.1. The van der Waals surface area contributed by atoms with Gasteiger partial charge in [-0.3, -0.25) is 9.59 Å². The molecule has 0 bridgehead atoms. The zero-order valence-corrected chi connectivity index (χ0v) is 17.5. The molecule has 0 unspecified atom stereocenters. The molecule has 6 nitrogen and oxygen atoms in total. The Bertz CT molecular complexity index is 1150. The van der Waals surface area contributed by atoms with Crippen LogP contribution in [-0.2, 0) is 10.2 Å². The van der Waals surface area contributed by atoms with Crippen LogP contribution in [0.5, 0.6) is 0 Å². The number of aromatic nitrogens is 3. The second kappa shape index (κ2) is 6.76. The topological polar surface area (TPSA) is 67.6 Å². The number of fused-ring (bicyclic) bond motifs is 1. The molecule has 1 atom stereocenters. The van der Waals surface area contributed by atoms with Gasteiger partial charge in [0.1, 0.15) is 5.01 Å². The highest BCUT2D eigenvalue weighted by Gasteiger charge is 2.47. The first-order valence-electron chi connectivity index (χ1n) is 10.2. The second-order valence-electron chi connectivity index (χ2n) is 8.33. The van der Waals surface area contributed by atoms with E-state index in [1.807, 2.05) is 30.0 Å². The van der Waals surface area contributed by atoms with Crippen molar-refractivity contribution in [2.24, 2.45) is 0 Å². The van der Waals surface area contributed by atoms with Gasteiger partial charge in [0.15, 0.2) is 0 Å². The molecule has 1 amide bonds. The van der Waals surface area contributed by atoms with Crippen molar-refractivity contribution in [3.8, 4) is 0 Å². The van der Waals surface area contributed by atoms with Gasteiger partial charge in [-0.25, -0.2) is 4.98 Å². The van der Waals surface area contributed by atoms with Gasteiger partial charge in [0.25, 0.3) is 5.56 Å². The summed E-state index contributed by atoms with van der Waals surface area (Å²) in [6.45, 7) is 4.38. The van der Waals surface area contributed by atoms with Crippen molar-refractivity contribution in [3.05, 3.63) is 62.5 Å². The molecule has 2 fully saturated rings. The predicted molar refractivity (Wildman–Crippen MR) is 112 cm³/mol. The summed E-state index contributed by atoms with van der Waals surface area (Å²) < 4.78 is 1.40. The highest BCUT2D eigenvalue weighted by molar-refractivity contribution is 7.16. The number of carbonyl (C=O) groups excluding carboxylic acids is 1. The summed E-state index contributed by atoms with van der Waals surface area (Å²) >= 11 is 1.43. The Balaban J connectivity index is 1.42. The first-order chi connectivity index (χ1) is 14.0. The van der Waals surface area contributed by atoms with Gasteiger partial charge in [-0.1, -0.05) is 41.7 Å². The normalized spacial score (nSPS) is 20.3. The van der Waals surface area contributed by atoms with Gasteiger partial charge >= 0.3 is 0 Å². The Labute approximate surface area is 173 Å². The van der Waals surface area contributed by atoms with Crippen LogP contribution < -0.4 is 5.56 Å². The lowest BCUT2D eigenvalue weighted by atomic mass is 9.92. The molecule has 0 N–H and O–H groups in total. The van der Waals surface area contributed by atoms with Gasteiger partial charge in [-0.15, -0.1) is 0 Å². The maximum Gasteiger partial charge on any atom is 0.278 e. The largest absolute Gasteiger partial charge is 0.333 e. The van der Waals surface area contributed by atoms with Crippen LogP contribution in [-0.4, -0.2) is 31.9 Å². The van der Waals surface area contributed by atoms with Gasteiger partial charge < -0.3 is 4.90 Å². The van der Waals surface area contributed by atoms with Gasteiger partial charge in [-0.2, -0.15) is 9.61 Å². The lowest BCUT2D eigenvalue weighted by molar-refractivity contribution is -0.132. The smallest absolute Gasteiger partial charge is 0.278 e.